The number of ether oxygens (including phenoxy) is 3. The molecule has 0 fully saturated rings. The van der Waals surface area contributed by atoms with Crippen LogP contribution in [0.2, 0.25) is 0 Å². The van der Waals surface area contributed by atoms with Gasteiger partial charge in [-0.1, -0.05) is 329 Å². The fourth-order valence-electron chi connectivity index (χ4n) is 9.67. The van der Waals surface area contributed by atoms with Crippen LogP contribution in [-0.4, -0.2) is 37.2 Å². The van der Waals surface area contributed by atoms with Crippen LogP contribution in [-0.2, 0) is 28.6 Å². The molecule has 0 aromatic carbocycles. The Kier molecular flexibility index (Phi) is 65.2. The molecule has 0 amide bonds. The van der Waals surface area contributed by atoms with E-state index in [0.717, 1.165) is 141 Å². The topological polar surface area (TPSA) is 78.9 Å². The summed E-state index contributed by atoms with van der Waals surface area (Å²) < 4.78 is 16.8. The van der Waals surface area contributed by atoms with Gasteiger partial charge in [0.2, 0.25) is 0 Å². The molecule has 0 heterocycles. The highest BCUT2D eigenvalue weighted by Gasteiger charge is 2.19. The summed E-state index contributed by atoms with van der Waals surface area (Å²) in [4.78, 5) is 38.0. The minimum Gasteiger partial charge on any atom is -0.462 e. The molecule has 0 bridgehead atoms. The van der Waals surface area contributed by atoms with E-state index in [4.69, 9.17) is 14.2 Å². The van der Waals surface area contributed by atoms with Crippen molar-refractivity contribution in [2.45, 2.75) is 335 Å². The van der Waals surface area contributed by atoms with E-state index in [-0.39, 0.29) is 31.1 Å². The molecule has 0 aliphatic carbocycles. The number of allylic oxidation sites excluding steroid dienone is 18. The zero-order chi connectivity index (χ0) is 58.5. The van der Waals surface area contributed by atoms with E-state index in [1.165, 1.54) is 148 Å². The highest BCUT2D eigenvalue weighted by molar-refractivity contribution is 5.71. The zero-order valence-electron chi connectivity index (χ0n) is 53.3. The van der Waals surface area contributed by atoms with Gasteiger partial charge in [-0.2, -0.15) is 0 Å². The molecule has 464 valence electrons. The highest BCUT2D eigenvalue weighted by Crippen LogP contribution is 2.17. The van der Waals surface area contributed by atoms with Gasteiger partial charge in [0.05, 0.1) is 0 Å². The lowest BCUT2D eigenvalue weighted by atomic mass is 10.0. The molecule has 1 atom stereocenters. The van der Waals surface area contributed by atoms with Gasteiger partial charge < -0.3 is 14.2 Å². The Hall–Kier alpha value is -3.93. The van der Waals surface area contributed by atoms with E-state index in [1.807, 2.05) is 0 Å². The van der Waals surface area contributed by atoms with Crippen LogP contribution in [0.3, 0.4) is 0 Å². The normalized spacial score (nSPS) is 12.8. The van der Waals surface area contributed by atoms with Crippen LogP contribution in [0.15, 0.2) is 109 Å². The molecule has 81 heavy (non-hydrogen) atoms. The lowest BCUT2D eigenvalue weighted by Gasteiger charge is -2.18. The van der Waals surface area contributed by atoms with E-state index in [9.17, 15) is 14.4 Å². The van der Waals surface area contributed by atoms with Crippen LogP contribution in [0.25, 0.3) is 0 Å². The van der Waals surface area contributed by atoms with Crippen LogP contribution >= 0.6 is 0 Å². The number of rotatable bonds is 62. The standard InChI is InChI=1S/C75H128O6/c1-4-7-10-13-15-17-19-21-23-25-27-29-31-33-34-35-36-37-38-39-40-42-43-45-47-49-51-53-55-57-59-62-65-68-74(77)80-71-72(70-79-73(76)67-64-61-12-9-6-3)81-75(78)69-66-63-60-58-56-54-52-50-48-46-44-41-32-30-28-26-24-22-20-18-16-14-11-8-5-2/h7,10,15,17,21,23,27,29,33-34,36-37,39-40,43,45,49,51,72H,4-6,8-9,11-14,16,18-20,22,24-26,28,30-32,35,38,41-42,44,46-48,50,52-71H2,1-3H3/b10-7-,17-15-,23-21-,29-27-,34-33-,37-36-,40-39-,45-43-,51-49-. The molecule has 0 rings (SSSR count). The Morgan fingerprint density at radius 1 is 0.259 bits per heavy atom. The maximum absolute atomic E-state index is 12.9. The summed E-state index contributed by atoms with van der Waals surface area (Å²) in [6, 6.07) is 0. The molecular formula is C75H128O6. The smallest absolute Gasteiger partial charge is 0.306 e. The van der Waals surface area contributed by atoms with Crippen LogP contribution < -0.4 is 0 Å². The van der Waals surface area contributed by atoms with Gasteiger partial charge in [-0.05, 0) is 89.9 Å². The van der Waals surface area contributed by atoms with Crippen LogP contribution in [0, 0.1) is 0 Å². The largest absolute Gasteiger partial charge is 0.462 e. The molecule has 0 saturated carbocycles. The Bertz CT molecular complexity index is 1620. The van der Waals surface area contributed by atoms with E-state index in [0.29, 0.717) is 19.3 Å². The first-order chi connectivity index (χ1) is 40.0. The Morgan fingerprint density at radius 2 is 0.481 bits per heavy atom. The van der Waals surface area contributed by atoms with Gasteiger partial charge in [0.15, 0.2) is 6.10 Å². The predicted octanol–water partition coefficient (Wildman–Crippen LogP) is 23.8. The van der Waals surface area contributed by atoms with E-state index < -0.39 is 6.10 Å². The first-order valence-electron chi connectivity index (χ1n) is 34.4. The minimum absolute atomic E-state index is 0.0827. The third kappa shape index (κ3) is 66.8. The van der Waals surface area contributed by atoms with Crippen molar-refractivity contribution in [3.05, 3.63) is 109 Å². The van der Waals surface area contributed by atoms with Gasteiger partial charge in [0, 0.05) is 19.3 Å². The molecule has 1 unspecified atom stereocenters. The van der Waals surface area contributed by atoms with Gasteiger partial charge in [-0.3, -0.25) is 14.4 Å². The van der Waals surface area contributed by atoms with Crippen molar-refractivity contribution in [3.8, 4) is 0 Å². The quantitative estimate of drug-likeness (QED) is 0.0261. The fraction of sp³-hybridized carbons (Fsp3) is 0.720. The van der Waals surface area contributed by atoms with Gasteiger partial charge in [-0.15, -0.1) is 0 Å². The molecule has 0 radical (unpaired) electrons. The molecule has 0 N–H and O–H groups in total. The van der Waals surface area contributed by atoms with Gasteiger partial charge in [0.25, 0.3) is 0 Å². The SMILES string of the molecule is CC/C=C\C/C=C\C/C=C\C/C=C\C/C=C\C/C=C\C/C=C\C/C=C\C/C=C\CCCCCCCC(=O)OCC(COC(=O)CCCCCCC)OC(=O)CCCCCCCCCCCCCCCCCCCCCCCCCCC. The molecule has 0 aromatic heterocycles. The predicted molar refractivity (Wildman–Crippen MR) is 353 cm³/mol. The van der Waals surface area contributed by atoms with Crippen LogP contribution in [0.5, 0.6) is 0 Å². The van der Waals surface area contributed by atoms with Crippen molar-refractivity contribution in [1.82, 2.24) is 0 Å². The van der Waals surface area contributed by atoms with Crippen LogP contribution in [0.4, 0.5) is 0 Å². The van der Waals surface area contributed by atoms with Crippen molar-refractivity contribution in [2.24, 2.45) is 0 Å². The highest BCUT2D eigenvalue weighted by atomic mass is 16.6. The first kappa shape index (κ1) is 77.1. The maximum atomic E-state index is 12.9. The van der Waals surface area contributed by atoms with Crippen molar-refractivity contribution in [1.29, 1.82) is 0 Å². The first-order valence-corrected chi connectivity index (χ1v) is 34.4. The summed E-state index contributed by atoms with van der Waals surface area (Å²) in [6.45, 7) is 6.46. The second-order valence-electron chi connectivity index (χ2n) is 22.7. The molecule has 6 nitrogen and oxygen atoms in total. The lowest BCUT2D eigenvalue weighted by molar-refractivity contribution is -0.167. The van der Waals surface area contributed by atoms with Gasteiger partial charge >= 0.3 is 17.9 Å². The van der Waals surface area contributed by atoms with Crippen molar-refractivity contribution in [3.63, 3.8) is 0 Å². The molecule has 6 heteroatoms. The Morgan fingerprint density at radius 3 is 0.753 bits per heavy atom. The van der Waals surface area contributed by atoms with Crippen molar-refractivity contribution < 1.29 is 28.6 Å². The molecule has 0 aliphatic rings. The number of carbonyl (C=O) groups excluding carboxylic acids is 3. The Balaban J connectivity index is 4.07. The molecule has 0 spiro atoms. The lowest BCUT2D eigenvalue weighted by Crippen LogP contribution is -2.30. The second kappa shape index (κ2) is 68.6. The summed E-state index contributed by atoms with van der Waals surface area (Å²) in [5, 5.41) is 0. The summed E-state index contributed by atoms with van der Waals surface area (Å²) in [6.07, 6.45) is 94.5. The van der Waals surface area contributed by atoms with Gasteiger partial charge in [-0.25, -0.2) is 0 Å². The fourth-order valence-corrected chi connectivity index (χ4v) is 9.67. The summed E-state index contributed by atoms with van der Waals surface area (Å²) in [5.41, 5.74) is 0. The summed E-state index contributed by atoms with van der Waals surface area (Å²) in [7, 11) is 0. The minimum atomic E-state index is -0.783. The molecular weight excluding hydrogens is 997 g/mol. The average Bonchev–Trinajstić information content (AvgIpc) is 3.47. The monoisotopic (exact) mass is 1120 g/mol. The zero-order valence-corrected chi connectivity index (χ0v) is 53.3. The van der Waals surface area contributed by atoms with Crippen LogP contribution in [0.1, 0.15) is 329 Å². The van der Waals surface area contributed by atoms with E-state index in [2.05, 4.69) is 130 Å². The average molecular weight is 1130 g/mol. The molecule has 0 aromatic rings. The number of hydrogen-bond acceptors (Lipinski definition) is 6. The van der Waals surface area contributed by atoms with Crippen molar-refractivity contribution in [2.75, 3.05) is 13.2 Å². The summed E-state index contributed by atoms with van der Waals surface area (Å²) >= 11 is 0. The maximum Gasteiger partial charge on any atom is 0.306 e. The third-order valence-corrected chi connectivity index (χ3v) is 14.8. The summed E-state index contributed by atoms with van der Waals surface area (Å²) in [5.74, 6) is -0.905. The second-order valence-corrected chi connectivity index (χ2v) is 22.7. The van der Waals surface area contributed by atoms with Gasteiger partial charge in [0.1, 0.15) is 13.2 Å². The van der Waals surface area contributed by atoms with E-state index >= 15 is 0 Å². The third-order valence-electron chi connectivity index (χ3n) is 14.8. The number of esters is 3. The van der Waals surface area contributed by atoms with Crippen molar-refractivity contribution >= 4 is 17.9 Å². The Labute approximate surface area is 501 Å². The molecule has 0 saturated heterocycles. The van der Waals surface area contributed by atoms with E-state index in [1.54, 1.807) is 0 Å². The molecule has 0 aliphatic heterocycles. The number of carbonyl (C=O) groups is 3. The number of hydrogen-bond donors (Lipinski definition) is 0. The number of unbranched alkanes of at least 4 members (excludes halogenated alkanes) is 33.